The molecule has 150 valence electrons. The molecule has 0 saturated carbocycles. The number of carbonyl (C=O) groups excluding carboxylic acids is 1. The van der Waals surface area contributed by atoms with E-state index in [1.165, 1.54) is 7.11 Å². The van der Waals surface area contributed by atoms with Gasteiger partial charge in [0.05, 0.1) is 13.0 Å². The van der Waals surface area contributed by atoms with Gasteiger partial charge in [0.25, 0.3) is 0 Å². The molecule has 1 fully saturated rings. The van der Waals surface area contributed by atoms with E-state index < -0.39 is 30.0 Å². The van der Waals surface area contributed by atoms with Crippen molar-refractivity contribution in [3.8, 4) is 0 Å². The van der Waals surface area contributed by atoms with Crippen LogP contribution in [0.5, 0.6) is 0 Å². The largest absolute Gasteiger partial charge is 0.468 e. The van der Waals surface area contributed by atoms with Gasteiger partial charge in [0.1, 0.15) is 12.1 Å². The zero-order valence-corrected chi connectivity index (χ0v) is 16.7. The maximum absolute atomic E-state index is 12.6. The monoisotopic (exact) mass is 413 g/mol. The normalized spacial score (nSPS) is 24.0. The number of nitrogens with one attached hydrogen (secondary N) is 1. The first-order valence-corrected chi connectivity index (χ1v) is 9.57. The number of para-hydroxylation sites is 1. The summed E-state index contributed by atoms with van der Waals surface area (Å²) in [4.78, 5) is 24.5. The molecule has 0 bridgehead atoms. The van der Waals surface area contributed by atoms with Crippen LogP contribution in [0.4, 0.5) is 0 Å². The van der Waals surface area contributed by atoms with Gasteiger partial charge in [-0.25, -0.2) is 0 Å². The summed E-state index contributed by atoms with van der Waals surface area (Å²) in [5.74, 6) is -1.22. The van der Waals surface area contributed by atoms with E-state index in [1.807, 2.05) is 41.9 Å². The van der Waals surface area contributed by atoms with Gasteiger partial charge in [0.15, 0.2) is 0 Å². The first-order valence-electron chi connectivity index (χ1n) is 9.19. The van der Waals surface area contributed by atoms with E-state index in [1.54, 1.807) is 24.3 Å². The van der Waals surface area contributed by atoms with E-state index in [9.17, 15) is 14.9 Å². The Morgan fingerprint density at radius 3 is 2.52 bits per heavy atom. The van der Waals surface area contributed by atoms with Gasteiger partial charge in [-0.3, -0.25) is 20.2 Å². The number of nitrogens with zero attached hydrogens (tertiary/aromatic N) is 2. The molecule has 1 aliphatic rings. The molecule has 0 aliphatic carbocycles. The molecule has 1 aliphatic heterocycles. The third kappa shape index (κ3) is 3.26. The van der Waals surface area contributed by atoms with E-state index >= 15 is 0 Å². The predicted octanol–water partition coefficient (Wildman–Crippen LogP) is 3.45. The van der Waals surface area contributed by atoms with Crippen LogP contribution in [-0.4, -0.2) is 34.7 Å². The highest BCUT2D eigenvalue weighted by molar-refractivity contribution is 6.30. The van der Waals surface area contributed by atoms with Gasteiger partial charge in [-0.2, -0.15) is 0 Å². The highest BCUT2D eigenvalue weighted by Crippen LogP contribution is 2.42. The summed E-state index contributed by atoms with van der Waals surface area (Å²) < 4.78 is 6.89. The van der Waals surface area contributed by atoms with Crippen LogP contribution < -0.4 is 5.32 Å². The highest BCUT2D eigenvalue weighted by atomic mass is 35.5. The number of ether oxygens (including phenoxy) is 1. The number of benzene rings is 2. The molecule has 1 aromatic heterocycles. The van der Waals surface area contributed by atoms with Crippen molar-refractivity contribution in [1.82, 2.24) is 9.88 Å². The van der Waals surface area contributed by atoms with Gasteiger partial charge in [0.2, 0.25) is 6.04 Å². The first-order chi connectivity index (χ1) is 13.9. The Kier molecular flexibility index (Phi) is 5.02. The van der Waals surface area contributed by atoms with Gasteiger partial charge in [-0.05, 0) is 35.2 Å². The van der Waals surface area contributed by atoms with Crippen molar-refractivity contribution in [3.63, 3.8) is 0 Å². The van der Waals surface area contributed by atoms with E-state index in [-0.39, 0.29) is 4.92 Å². The van der Waals surface area contributed by atoms with Crippen molar-refractivity contribution < 1.29 is 14.5 Å². The zero-order chi connectivity index (χ0) is 20.7. The molecule has 0 radical (unpaired) electrons. The molecule has 29 heavy (non-hydrogen) atoms. The topological polar surface area (TPSA) is 86.4 Å². The van der Waals surface area contributed by atoms with E-state index in [0.29, 0.717) is 16.3 Å². The van der Waals surface area contributed by atoms with Crippen LogP contribution in [0.3, 0.4) is 0 Å². The highest BCUT2D eigenvalue weighted by Gasteiger charge is 2.55. The number of methoxy groups -OCH3 is 1. The number of nitro groups is 1. The van der Waals surface area contributed by atoms with Crippen molar-refractivity contribution in [3.05, 3.63) is 81.0 Å². The van der Waals surface area contributed by atoms with Gasteiger partial charge < -0.3 is 9.30 Å². The molecule has 2 aromatic carbocycles. The standard InChI is InChI=1S/C21H20ClN3O4/c1-24-15-6-4-3-5-13(15)11-16(24)17-19(21(26)29-2)23-18(20(17)25(27)28)12-7-9-14(22)10-8-12/h3-11,17-20,23H,1-2H3/t17-,18-,19-,20+/m0/s1. The number of hydrogen-bond donors (Lipinski definition) is 1. The SMILES string of the molecule is COC(=O)[C@H]1N[C@@H](c2ccc(Cl)cc2)[C@H]([N+](=O)[O-])[C@H]1c1cc2ccccc2n1C. The van der Waals surface area contributed by atoms with Crippen molar-refractivity contribution in [2.75, 3.05) is 7.11 Å². The summed E-state index contributed by atoms with van der Waals surface area (Å²) in [5.41, 5.74) is 2.36. The molecule has 8 heteroatoms. The quantitative estimate of drug-likeness (QED) is 0.402. The Bertz CT molecular complexity index is 1080. The molecule has 4 rings (SSSR count). The van der Waals surface area contributed by atoms with Crippen molar-refractivity contribution >= 4 is 28.5 Å². The minimum atomic E-state index is -1.05. The molecular weight excluding hydrogens is 394 g/mol. The summed E-state index contributed by atoms with van der Waals surface area (Å²) in [7, 11) is 3.15. The molecule has 1 saturated heterocycles. The average Bonchev–Trinajstić information content (AvgIpc) is 3.27. The Morgan fingerprint density at radius 2 is 1.90 bits per heavy atom. The second-order valence-corrected chi connectivity index (χ2v) is 7.62. The molecule has 3 aromatic rings. The van der Waals surface area contributed by atoms with Crippen molar-refractivity contribution in [1.29, 1.82) is 0 Å². The Balaban J connectivity index is 1.87. The smallest absolute Gasteiger partial charge is 0.323 e. The van der Waals surface area contributed by atoms with Crippen LogP contribution in [0.15, 0.2) is 54.6 Å². The lowest BCUT2D eigenvalue weighted by Gasteiger charge is -2.20. The second-order valence-electron chi connectivity index (χ2n) is 7.19. The maximum Gasteiger partial charge on any atom is 0.323 e. The number of aromatic nitrogens is 1. The number of esters is 1. The fourth-order valence-electron chi connectivity index (χ4n) is 4.33. The summed E-state index contributed by atoms with van der Waals surface area (Å²) in [6.07, 6.45) is 0. The Hall–Kier alpha value is -2.90. The lowest BCUT2D eigenvalue weighted by Crippen LogP contribution is -2.37. The Morgan fingerprint density at radius 1 is 1.21 bits per heavy atom. The third-order valence-corrected chi connectivity index (χ3v) is 5.94. The second kappa shape index (κ2) is 7.50. The summed E-state index contributed by atoms with van der Waals surface area (Å²) >= 11 is 5.98. The molecular formula is C21H20ClN3O4. The lowest BCUT2D eigenvalue weighted by molar-refractivity contribution is -0.527. The van der Waals surface area contributed by atoms with Crippen molar-refractivity contribution in [2.45, 2.75) is 24.0 Å². The minimum Gasteiger partial charge on any atom is -0.468 e. The van der Waals surface area contributed by atoms with Gasteiger partial charge in [-0.1, -0.05) is 41.9 Å². The summed E-state index contributed by atoms with van der Waals surface area (Å²) in [5, 5.41) is 16.9. The number of fused-ring (bicyclic) bond motifs is 1. The van der Waals surface area contributed by atoms with E-state index in [4.69, 9.17) is 16.3 Å². The van der Waals surface area contributed by atoms with Crippen LogP contribution in [0.1, 0.15) is 23.2 Å². The van der Waals surface area contributed by atoms with Crippen LogP contribution in [-0.2, 0) is 16.6 Å². The number of halogens is 1. The van der Waals surface area contributed by atoms with Crippen LogP contribution in [0.25, 0.3) is 10.9 Å². The van der Waals surface area contributed by atoms with Crippen LogP contribution in [0.2, 0.25) is 5.02 Å². The molecule has 0 spiro atoms. The average molecular weight is 414 g/mol. The minimum absolute atomic E-state index is 0.308. The lowest BCUT2D eigenvalue weighted by atomic mass is 9.88. The third-order valence-electron chi connectivity index (χ3n) is 5.69. The number of rotatable bonds is 4. The fourth-order valence-corrected chi connectivity index (χ4v) is 4.46. The molecule has 4 atom stereocenters. The fraction of sp³-hybridized carbons (Fsp3) is 0.286. The first kappa shape index (κ1) is 19.4. The number of hydrogen-bond acceptors (Lipinski definition) is 5. The summed E-state index contributed by atoms with van der Waals surface area (Å²) in [6, 6.07) is 14.0. The molecule has 7 nitrogen and oxygen atoms in total. The van der Waals surface area contributed by atoms with Gasteiger partial charge in [-0.15, -0.1) is 0 Å². The molecule has 0 amide bonds. The molecule has 1 N–H and O–H groups in total. The molecule has 0 unspecified atom stereocenters. The number of carbonyl (C=O) groups is 1. The van der Waals surface area contributed by atoms with Crippen molar-refractivity contribution in [2.24, 2.45) is 7.05 Å². The maximum atomic E-state index is 12.6. The summed E-state index contributed by atoms with van der Waals surface area (Å²) in [6.45, 7) is 0. The van der Waals surface area contributed by atoms with Gasteiger partial charge in [0, 0.05) is 28.2 Å². The Labute approximate surface area is 172 Å². The van der Waals surface area contributed by atoms with Crippen LogP contribution in [0, 0.1) is 10.1 Å². The van der Waals surface area contributed by atoms with E-state index in [0.717, 1.165) is 10.9 Å². The van der Waals surface area contributed by atoms with E-state index in [2.05, 4.69) is 5.32 Å². The molecule has 2 heterocycles. The zero-order valence-electron chi connectivity index (χ0n) is 15.9. The van der Waals surface area contributed by atoms with Crippen LogP contribution >= 0.6 is 11.6 Å². The number of aryl methyl sites for hydroxylation is 1. The van der Waals surface area contributed by atoms with Gasteiger partial charge >= 0.3 is 5.97 Å². The predicted molar refractivity (Wildman–Crippen MR) is 110 cm³/mol.